The molecule has 0 heterocycles. The van der Waals surface area contributed by atoms with E-state index < -0.39 is 11.4 Å². The molecule has 0 radical (unpaired) electrons. The van der Waals surface area contributed by atoms with Crippen molar-refractivity contribution < 1.29 is 9.90 Å². The first-order chi connectivity index (χ1) is 3.50. The van der Waals surface area contributed by atoms with E-state index in [1.807, 2.05) is 22.6 Å². The van der Waals surface area contributed by atoms with Crippen LogP contribution in [0, 0.1) is 5.41 Å². The highest BCUT2D eigenvalue weighted by Gasteiger charge is 2.16. The van der Waals surface area contributed by atoms with Gasteiger partial charge in [-0.25, -0.2) is 0 Å². The van der Waals surface area contributed by atoms with Crippen LogP contribution in [0.5, 0.6) is 0 Å². The number of carboxylic acids is 1. The third kappa shape index (κ3) is 1.98. The summed E-state index contributed by atoms with van der Waals surface area (Å²) < 4.78 is 0.590. The normalized spacial score (nSPS) is 11.4. The molecule has 8 heavy (non-hydrogen) atoms. The zero-order valence-corrected chi connectivity index (χ0v) is 7.06. The van der Waals surface area contributed by atoms with Crippen LogP contribution in [0.4, 0.5) is 0 Å². The third-order valence-electron chi connectivity index (χ3n) is 0.887. The minimum absolute atomic E-state index is 0.590. The predicted octanol–water partition coefficient (Wildman–Crippen LogP) is 0.198. The van der Waals surface area contributed by atoms with Gasteiger partial charge in [0.25, 0.3) is 0 Å². The fraction of sp³-hybridized carbons (Fsp3) is 0.800. The highest BCUT2D eigenvalue weighted by Crippen LogP contribution is 2.16. The number of carbonyl (C=O) groups excluding carboxylic acids is 1. The Morgan fingerprint density at radius 3 is 2.12 bits per heavy atom. The number of hydrogen-bond acceptors (Lipinski definition) is 2. The summed E-state index contributed by atoms with van der Waals surface area (Å²) in [5, 5.41) is 10.1. The number of rotatable bonds is 2. The van der Waals surface area contributed by atoms with Crippen LogP contribution in [0.15, 0.2) is 0 Å². The Labute approximate surface area is 62.4 Å². The quantitative estimate of drug-likeness (QED) is 0.499. The summed E-state index contributed by atoms with van der Waals surface area (Å²) in [5.41, 5.74) is -0.666. The van der Waals surface area contributed by atoms with Crippen LogP contribution in [0.1, 0.15) is 13.8 Å². The summed E-state index contributed by atoms with van der Waals surface area (Å²) in [7, 11) is 0. The van der Waals surface area contributed by atoms with Crippen molar-refractivity contribution in [2.24, 2.45) is 5.41 Å². The Morgan fingerprint density at radius 2 is 2.12 bits per heavy atom. The van der Waals surface area contributed by atoms with Gasteiger partial charge in [-0.3, -0.25) is 0 Å². The zero-order valence-electron chi connectivity index (χ0n) is 4.90. The maximum atomic E-state index is 10.1. The lowest BCUT2D eigenvalue weighted by Gasteiger charge is -2.21. The molecule has 0 aliphatic heterocycles. The van der Waals surface area contributed by atoms with E-state index in [-0.39, 0.29) is 0 Å². The molecule has 48 valence electrons. The first-order valence-electron chi connectivity index (χ1n) is 2.28. The topological polar surface area (TPSA) is 40.1 Å². The third-order valence-corrected chi connectivity index (χ3v) is 2.79. The molecule has 0 rings (SSSR count). The summed E-state index contributed by atoms with van der Waals surface area (Å²) in [6.45, 7) is 3.30. The number of aliphatic carboxylic acids is 1. The molecule has 0 N–H and O–H groups in total. The van der Waals surface area contributed by atoms with Gasteiger partial charge in [-0.1, -0.05) is 36.4 Å². The van der Waals surface area contributed by atoms with Gasteiger partial charge in [-0.05, 0) is 0 Å². The molecule has 0 saturated carbocycles. The van der Waals surface area contributed by atoms with Gasteiger partial charge in [0.1, 0.15) is 0 Å². The Hall–Kier alpha value is 0.200. The molecule has 0 aromatic rings. The van der Waals surface area contributed by atoms with E-state index in [2.05, 4.69) is 0 Å². The molecular formula is C5H8IO2-. The van der Waals surface area contributed by atoms with E-state index in [0.717, 1.165) is 0 Å². The summed E-state index contributed by atoms with van der Waals surface area (Å²) in [4.78, 5) is 10.1. The van der Waals surface area contributed by atoms with Gasteiger partial charge in [0.05, 0.1) is 0 Å². The van der Waals surface area contributed by atoms with Crippen molar-refractivity contribution in [2.45, 2.75) is 13.8 Å². The highest BCUT2D eigenvalue weighted by molar-refractivity contribution is 14.1. The number of carboxylic acid groups (broad SMARTS) is 1. The zero-order chi connectivity index (χ0) is 6.78. The van der Waals surface area contributed by atoms with Gasteiger partial charge in [-0.15, -0.1) is 0 Å². The van der Waals surface area contributed by atoms with Gasteiger partial charge >= 0.3 is 0 Å². The van der Waals surface area contributed by atoms with Crippen LogP contribution in [0.2, 0.25) is 0 Å². The van der Waals surface area contributed by atoms with E-state index in [0.29, 0.717) is 4.43 Å². The van der Waals surface area contributed by atoms with Crippen LogP contribution in [-0.4, -0.2) is 10.4 Å². The van der Waals surface area contributed by atoms with E-state index >= 15 is 0 Å². The molecule has 0 saturated heterocycles. The number of hydrogen-bond donors (Lipinski definition) is 0. The molecule has 0 aromatic heterocycles. The van der Waals surface area contributed by atoms with Crippen molar-refractivity contribution in [1.29, 1.82) is 0 Å². The first kappa shape index (κ1) is 8.20. The lowest BCUT2D eigenvalue weighted by atomic mass is 9.98. The molecule has 2 nitrogen and oxygen atoms in total. The van der Waals surface area contributed by atoms with E-state index in [1.165, 1.54) is 0 Å². The number of alkyl halides is 1. The smallest absolute Gasteiger partial charge is 0.0478 e. The lowest BCUT2D eigenvalue weighted by molar-refractivity contribution is -0.316. The van der Waals surface area contributed by atoms with Crippen LogP contribution in [-0.2, 0) is 4.79 Å². The molecule has 0 amide bonds. The summed E-state index contributed by atoms with van der Waals surface area (Å²) in [6, 6.07) is 0. The largest absolute Gasteiger partial charge is 0.550 e. The molecule has 0 spiro atoms. The van der Waals surface area contributed by atoms with Gasteiger partial charge in [0.15, 0.2) is 0 Å². The SMILES string of the molecule is CC(C)(CI)C(=O)[O-]. The highest BCUT2D eigenvalue weighted by atomic mass is 127. The molecule has 0 aromatic carbocycles. The van der Waals surface area contributed by atoms with E-state index in [4.69, 9.17) is 0 Å². The summed E-state index contributed by atoms with van der Waals surface area (Å²) >= 11 is 2.02. The second-order valence-electron chi connectivity index (χ2n) is 2.30. The number of halogens is 1. The number of carbonyl (C=O) groups is 1. The van der Waals surface area contributed by atoms with Gasteiger partial charge in [0.2, 0.25) is 0 Å². The fourth-order valence-corrected chi connectivity index (χ4v) is 0.366. The summed E-state index contributed by atoms with van der Waals surface area (Å²) in [6.07, 6.45) is 0. The Balaban J connectivity index is 3.91. The molecule has 0 bridgehead atoms. The van der Waals surface area contributed by atoms with Crippen LogP contribution < -0.4 is 5.11 Å². The van der Waals surface area contributed by atoms with Gasteiger partial charge < -0.3 is 9.90 Å². The molecule has 0 aliphatic carbocycles. The molecule has 0 fully saturated rings. The van der Waals surface area contributed by atoms with Crippen molar-refractivity contribution in [1.82, 2.24) is 0 Å². The minimum Gasteiger partial charge on any atom is -0.550 e. The van der Waals surface area contributed by atoms with Crippen LogP contribution in [0.3, 0.4) is 0 Å². The second-order valence-corrected chi connectivity index (χ2v) is 3.07. The average Bonchev–Trinajstić information content (AvgIpc) is 1.67. The standard InChI is InChI=1S/C5H9IO2/c1-5(2,3-6)4(7)8/h3H2,1-2H3,(H,7,8)/p-1. The summed E-state index contributed by atoms with van der Waals surface area (Å²) in [5.74, 6) is -0.980. The van der Waals surface area contributed by atoms with E-state index in [1.54, 1.807) is 13.8 Å². The monoisotopic (exact) mass is 227 g/mol. The maximum absolute atomic E-state index is 10.1. The molecule has 0 aliphatic rings. The van der Waals surface area contributed by atoms with Gasteiger partial charge in [-0.2, -0.15) is 0 Å². The Bertz CT molecular complexity index is 98.6. The average molecular weight is 227 g/mol. The maximum Gasteiger partial charge on any atom is 0.0478 e. The lowest BCUT2D eigenvalue weighted by Crippen LogP contribution is -2.39. The van der Waals surface area contributed by atoms with Crippen molar-refractivity contribution >= 4 is 28.6 Å². The van der Waals surface area contributed by atoms with Crippen LogP contribution in [0.25, 0.3) is 0 Å². The van der Waals surface area contributed by atoms with Crippen molar-refractivity contribution in [2.75, 3.05) is 4.43 Å². The second kappa shape index (κ2) is 2.66. The molecule has 0 atom stereocenters. The van der Waals surface area contributed by atoms with Crippen molar-refractivity contribution in [3.8, 4) is 0 Å². The van der Waals surface area contributed by atoms with Crippen molar-refractivity contribution in [3.05, 3.63) is 0 Å². The molecule has 0 unspecified atom stereocenters. The van der Waals surface area contributed by atoms with Gasteiger partial charge in [0, 0.05) is 15.8 Å². The Morgan fingerprint density at radius 1 is 1.75 bits per heavy atom. The molecular weight excluding hydrogens is 219 g/mol. The Kier molecular flexibility index (Phi) is 2.73. The fourth-order valence-electron chi connectivity index (χ4n) is 0.0546. The van der Waals surface area contributed by atoms with E-state index in [9.17, 15) is 9.90 Å². The van der Waals surface area contributed by atoms with Crippen LogP contribution >= 0.6 is 22.6 Å². The van der Waals surface area contributed by atoms with Crippen molar-refractivity contribution in [3.63, 3.8) is 0 Å². The predicted molar refractivity (Wildman–Crippen MR) is 37.7 cm³/mol. The molecule has 3 heteroatoms. The first-order valence-corrected chi connectivity index (χ1v) is 3.80. The minimum atomic E-state index is -0.980.